The van der Waals surface area contributed by atoms with Crippen LogP contribution < -0.4 is 4.90 Å². The molecular weight excluding hydrogens is 278 g/mol. The number of aryl methyl sites for hydroxylation is 1. The van der Waals surface area contributed by atoms with Gasteiger partial charge in [-0.2, -0.15) is 5.10 Å². The Kier molecular flexibility index (Phi) is 4.40. The first-order valence-corrected chi connectivity index (χ1v) is 7.58. The largest absolute Gasteiger partial charge is 0.369 e. The molecule has 0 aliphatic carbocycles. The van der Waals surface area contributed by atoms with E-state index < -0.39 is 0 Å². The summed E-state index contributed by atoms with van der Waals surface area (Å²) in [7, 11) is 5.99. The van der Waals surface area contributed by atoms with Crippen molar-refractivity contribution in [1.82, 2.24) is 19.7 Å². The Hall–Kier alpha value is -1.92. The normalized spacial score (nSPS) is 19.3. The molecule has 0 saturated carbocycles. The van der Waals surface area contributed by atoms with E-state index in [2.05, 4.69) is 16.1 Å². The molecular formula is C16H23N5O. The lowest BCUT2D eigenvalue weighted by atomic mass is 10.1. The molecule has 6 nitrogen and oxygen atoms in total. The van der Waals surface area contributed by atoms with Gasteiger partial charge in [0, 0.05) is 47.0 Å². The van der Waals surface area contributed by atoms with Crippen LogP contribution in [0.15, 0.2) is 30.5 Å². The average Bonchev–Trinajstić information content (AvgIpc) is 2.93. The van der Waals surface area contributed by atoms with E-state index in [1.165, 1.54) is 5.69 Å². The SMILES string of the molecule is CN(C)c1cccc(C2CN(Cc3ccnn3C)CCO2)n1. The van der Waals surface area contributed by atoms with Crippen molar-refractivity contribution < 1.29 is 4.74 Å². The lowest BCUT2D eigenvalue weighted by Crippen LogP contribution is -2.38. The number of morpholine rings is 1. The van der Waals surface area contributed by atoms with E-state index in [0.717, 1.165) is 37.8 Å². The standard InChI is InChI=1S/C16H23N5O/c1-19(2)16-6-4-5-14(18-16)15-12-21(9-10-22-15)11-13-7-8-17-20(13)3/h4-8,15H,9-12H2,1-3H3. The van der Waals surface area contributed by atoms with Gasteiger partial charge in [-0.1, -0.05) is 6.07 Å². The summed E-state index contributed by atoms with van der Waals surface area (Å²) in [5.41, 5.74) is 2.22. The lowest BCUT2D eigenvalue weighted by Gasteiger charge is -2.32. The molecule has 3 heterocycles. The number of hydrogen-bond donors (Lipinski definition) is 0. The Labute approximate surface area is 131 Å². The Morgan fingerprint density at radius 2 is 2.18 bits per heavy atom. The summed E-state index contributed by atoms with van der Waals surface area (Å²) >= 11 is 0. The lowest BCUT2D eigenvalue weighted by molar-refractivity contribution is -0.0355. The number of nitrogens with zero attached hydrogens (tertiary/aromatic N) is 5. The van der Waals surface area contributed by atoms with Gasteiger partial charge >= 0.3 is 0 Å². The predicted octanol–water partition coefficient (Wildman–Crippen LogP) is 1.45. The molecule has 118 valence electrons. The second kappa shape index (κ2) is 6.46. The second-order valence-corrected chi connectivity index (χ2v) is 5.86. The van der Waals surface area contributed by atoms with Gasteiger partial charge in [-0.3, -0.25) is 9.58 Å². The van der Waals surface area contributed by atoms with E-state index in [-0.39, 0.29) is 6.10 Å². The van der Waals surface area contributed by atoms with Crippen LogP contribution in [0.25, 0.3) is 0 Å². The molecule has 1 fully saturated rings. The maximum Gasteiger partial charge on any atom is 0.128 e. The van der Waals surface area contributed by atoms with Gasteiger partial charge in [0.2, 0.25) is 0 Å². The second-order valence-electron chi connectivity index (χ2n) is 5.86. The van der Waals surface area contributed by atoms with E-state index >= 15 is 0 Å². The van der Waals surface area contributed by atoms with Gasteiger partial charge < -0.3 is 9.64 Å². The molecule has 2 aromatic rings. The molecule has 0 spiro atoms. The third-order valence-electron chi connectivity index (χ3n) is 4.00. The van der Waals surface area contributed by atoms with Gasteiger partial charge in [0.1, 0.15) is 11.9 Å². The minimum Gasteiger partial charge on any atom is -0.369 e. The van der Waals surface area contributed by atoms with E-state index in [0.29, 0.717) is 0 Å². The quantitative estimate of drug-likeness (QED) is 0.855. The molecule has 1 unspecified atom stereocenters. The molecule has 0 bridgehead atoms. The maximum atomic E-state index is 5.93. The summed E-state index contributed by atoms with van der Waals surface area (Å²) in [5.74, 6) is 0.963. The smallest absolute Gasteiger partial charge is 0.128 e. The van der Waals surface area contributed by atoms with Crippen LogP contribution in [0.1, 0.15) is 17.5 Å². The van der Waals surface area contributed by atoms with Crippen LogP contribution in [0.5, 0.6) is 0 Å². The first kappa shape index (κ1) is 15.0. The van der Waals surface area contributed by atoms with Crippen LogP contribution in [0.3, 0.4) is 0 Å². The summed E-state index contributed by atoms with van der Waals surface area (Å²) in [6.45, 7) is 3.42. The van der Waals surface area contributed by atoms with E-state index in [1.54, 1.807) is 0 Å². The number of rotatable bonds is 4. The van der Waals surface area contributed by atoms with Crippen LogP contribution in [-0.4, -0.2) is 53.5 Å². The Morgan fingerprint density at radius 3 is 2.91 bits per heavy atom. The van der Waals surface area contributed by atoms with Gasteiger partial charge in [0.05, 0.1) is 18.0 Å². The highest BCUT2D eigenvalue weighted by Crippen LogP contribution is 2.23. The fraction of sp³-hybridized carbons (Fsp3) is 0.500. The fourth-order valence-corrected chi connectivity index (χ4v) is 2.68. The molecule has 1 atom stereocenters. The maximum absolute atomic E-state index is 5.93. The van der Waals surface area contributed by atoms with Crippen molar-refractivity contribution in [2.45, 2.75) is 12.6 Å². The van der Waals surface area contributed by atoms with E-state index in [4.69, 9.17) is 9.72 Å². The highest BCUT2D eigenvalue weighted by atomic mass is 16.5. The van der Waals surface area contributed by atoms with Crippen molar-refractivity contribution >= 4 is 5.82 Å². The number of hydrogen-bond acceptors (Lipinski definition) is 5. The van der Waals surface area contributed by atoms with Crippen LogP contribution in [0, 0.1) is 0 Å². The van der Waals surface area contributed by atoms with Gasteiger partial charge in [-0.15, -0.1) is 0 Å². The van der Waals surface area contributed by atoms with Crippen molar-refractivity contribution in [3.63, 3.8) is 0 Å². The van der Waals surface area contributed by atoms with Gasteiger partial charge in [0.25, 0.3) is 0 Å². The molecule has 1 saturated heterocycles. The van der Waals surface area contributed by atoms with Crippen LogP contribution >= 0.6 is 0 Å². The molecule has 1 aliphatic heterocycles. The average molecular weight is 301 g/mol. The predicted molar refractivity (Wildman–Crippen MR) is 85.7 cm³/mol. The molecule has 0 amide bonds. The number of aromatic nitrogens is 3. The van der Waals surface area contributed by atoms with E-state index in [1.807, 2.05) is 55.1 Å². The Balaban J connectivity index is 1.70. The summed E-state index contributed by atoms with van der Waals surface area (Å²) in [6, 6.07) is 8.17. The summed E-state index contributed by atoms with van der Waals surface area (Å²) in [5, 5.41) is 4.23. The summed E-state index contributed by atoms with van der Waals surface area (Å²) < 4.78 is 7.86. The van der Waals surface area contributed by atoms with Crippen molar-refractivity contribution in [3.05, 3.63) is 41.9 Å². The molecule has 3 rings (SSSR count). The zero-order valence-electron chi connectivity index (χ0n) is 13.4. The Morgan fingerprint density at radius 1 is 1.32 bits per heavy atom. The number of pyridine rings is 1. The summed E-state index contributed by atoms with van der Waals surface area (Å²) in [4.78, 5) is 9.11. The van der Waals surface area contributed by atoms with Crippen molar-refractivity contribution in [3.8, 4) is 0 Å². The zero-order chi connectivity index (χ0) is 15.5. The molecule has 6 heteroatoms. The first-order chi connectivity index (χ1) is 10.6. The molecule has 0 N–H and O–H groups in total. The zero-order valence-corrected chi connectivity index (χ0v) is 13.4. The number of ether oxygens (including phenoxy) is 1. The fourth-order valence-electron chi connectivity index (χ4n) is 2.68. The van der Waals surface area contributed by atoms with Gasteiger partial charge in [-0.05, 0) is 18.2 Å². The van der Waals surface area contributed by atoms with Crippen molar-refractivity contribution in [2.75, 3.05) is 38.7 Å². The molecule has 0 aromatic carbocycles. The van der Waals surface area contributed by atoms with Gasteiger partial charge in [0.15, 0.2) is 0 Å². The minimum absolute atomic E-state index is 0.0295. The third kappa shape index (κ3) is 3.28. The number of anilines is 1. The molecule has 1 aliphatic rings. The van der Waals surface area contributed by atoms with E-state index in [9.17, 15) is 0 Å². The van der Waals surface area contributed by atoms with Crippen molar-refractivity contribution in [2.24, 2.45) is 7.05 Å². The van der Waals surface area contributed by atoms with Crippen molar-refractivity contribution in [1.29, 1.82) is 0 Å². The van der Waals surface area contributed by atoms with Gasteiger partial charge in [-0.25, -0.2) is 4.98 Å². The Bertz CT molecular complexity index is 625. The highest BCUT2D eigenvalue weighted by molar-refractivity contribution is 5.37. The highest BCUT2D eigenvalue weighted by Gasteiger charge is 2.24. The van der Waals surface area contributed by atoms with Crippen LogP contribution in [0.4, 0.5) is 5.82 Å². The molecule has 0 radical (unpaired) electrons. The monoisotopic (exact) mass is 301 g/mol. The third-order valence-corrected chi connectivity index (χ3v) is 4.00. The summed E-state index contributed by atoms with van der Waals surface area (Å²) in [6.07, 6.45) is 1.87. The first-order valence-electron chi connectivity index (χ1n) is 7.58. The van der Waals surface area contributed by atoms with Crippen LogP contribution in [-0.2, 0) is 18.3 Å². The van der Waals surface area contributed by atoms with Crippen LogP contribution in [0.2, 0.25) is 0 Å². The molecule has 2 aromatic heterocycles. The molecule has 22 heavy (non-hydrogen) atoms. The topological polar surface area (TPSA) is 46.4 Å². The minimum atomic E-state index is 0.0295.